The molecule has 3 heterocycles. The van der Waals surface area contributed by atoms with Crippen LogP contribution in [0.4, 0.5) is 4.79 Å². The molecule has 202 valence electrons. The molecular weight excluding hydrogens is 464 g/mol. The van der Waals surface area contributed by atoms with E-state index in [-0.39, 0.29) is 30.9 Å². The molecule has 3 aliphatic heterocycles. The minimum absolute atomic E-state index is 0.0430. The molecule has 1 saturated carbocycles. The number of piperidine rings is 1. The van der Waals surface area contributed by atoms with Gasteiger partial charge in [0.25, 0.3) is 0 Å². The molecule has 11 heteroatoms. The van der Waals surface area contributed by atoms with Gasteiger partial charge < -0.3 is 35.8 Å². The predicted octanol–water partition coefficient (Wildman–Crippen LogP) is -0.108. The van der Waals surface area contributed by atoms with Gasteiger partial charge in [-0.05, 0) is 38.3 Å². The normalized spacial score (nSPS) is 25.3. The number of carbonyl (C=O) groups is 4. The van der Waals surface area contributed by atoms with Crippen LogP contribution in [0.5, 0.6) is 0 Å². The molecule has 1 aliphatic carbocycles. The van der Waals surface area contributed by atoms with Gasteiger partial charge in [0.15, 0.2) is 0 Å². The average molecular weight is 507 g/mol. The van der Waals surface area contributed by atoms with Crippen LogP contribution < -0.4 is 16.4 Å². The lowest BCUT2D eigenvalue weighted by Crippen LogP contribution is -2.65. The molecule has 0 bridgehead atoms. The number of urea groups is 1. The maximum atomic E-state index is 13.6. The standard InChI is InChI=1S/C25H42N6O5/c26-22(32)20(16-18-4-2-1-3-5-18)28-23(33)21-17-30(24(34)19-6-8-27-9-7-19)10-11-31(21)25(35)29-12-14-36-15-13-29/h18-21,27H,1-17H2,(H2,26,32)(H,28,33)/t20-,21+/m0/s1. The van der Waals surface area contributed by atoms with Crippen LogP contribution in [-0.2, 0) is 19.1 Å². The molecule has 0 unspecified atom stereocenters. The average Bonchev–Trinajstić information content (AvgIpc) is 2.93. The molecule has 0 aromatic carbocycles. The number of amides is 5. The third-order valence-electron chi connectivity index (χ3n) is 8.16. The number of hydrogen-bond donors (Lipinski definition) is 3. The van der Waals surface area contributed by atoms with Crippen molar-refractivity contribution < 1.29 is 23.9 Å². The molecule has 0 aromatic heterocycles. The monoisotopic (exact) mass is 506 g/mol. The quantitative estimate of drug-likeness (QED) is 0.460. The molecule has 4 N–H and O–H groups in total. The highest BCUT2D eigenvalue weighted by atomic mass is 16.5. The number of carbonyl (C=O) groups excluding carboxylic acids is 4. The van der Waals surface area contributed by atoms with Crippen LogP contribution in [-0.4, -0.2) is 110 Å². The Labute approximate surface area is 213 Å². The molecule has 2 atom stereocenters. The summed E-state index contributed by atoms with van der Waals surface area (Å²) in [4.78, 5) is 57.5. The lowest BCUT2D eigenvalue weighted by atomic mass is 9.84. The highest BCUT2D eigenvalue weighted by Crippen LogP contribution is 2.27. The van der Waals surface area contributed by atoms with Crippen molar-refractivity contribution >= 4 is 23.8 Å². The summed E-state index contributed by atoms with van der Waals surface area (Å²) in [6.07, 6.45) is 7.58. The maximum absolute atomic E-state index is 13.6. The van der Waals surface area contributed by atoms with Gasteiger partial charge >= 0.3 is 6.03 Å². The first-order valence-electron chi connectivity index (χ1n) is 13.7. The van der Waals surface area contributed by atoms with Crippen molar-refractivity contribution in [3.63, 3.8) is 0 Å². The zero-order valence-electron chi connectivity index (χ0n) is 21.3. The fraction of sp³-hybridized carbons (Fsp3) is 0.840. The molecule has 4 rings (SSSR count). The van der Waals surface area contributed by atoms with E-state index in [1.807, 2.05) is 0 Å². The van der Waals surface area contributed by atoms with E-state index < -0.39 is 23.9 Å². The fourth-order valence-electron chi connectivity index (χ4n) is 5.97. The van der Waals surface area contributed by atoms with Crippen LogP contribution in [0.25, 0.3) is 0 Å². The van der Waals surface area contributed by atoms with Gasteiger partial charge in [0.05, 0.1) is 19.8 Å². The lowest BCUT2D eigenvalue weighted by molar-refractivity contribution is -0.142. The minimum atomic E-state index is -0.868. The third kappa shape index (κ3) is 6.67. The van der Waals surface area contributed by atoms with Gasteiger partial charge in [-0.1, -0.05) is 32.1 Å². The Morgan fingerprint density at radius 2 is 1.61 bits per heavy atom. The summed E-state index contributed by atoms with van der Waals surface area (Å²) in [7, 11) is 0. The van der Waals surface area contributed by atoms with Gasteiger partial charge in [0.2, 0.25) is 17.7 Å². The molecule has 3 saturated heterocycles. The summed E-state index contributed by atoms with van der Waals surface area (Å²) in [6.45, 7) is 4.25. The molecule has 5 amide bonds. The number of ether oxygens (including phenoxy) is 1. The highest BCUT2D eigenvalue weighted by molar-refractivity contribution is 5.92. The number of morpholine rings is 1. The maximum Gasteiger partial charge on any atom is 0.320 e. The van der Waals surface area contributed by atoms with Crippen LogP contribution in [0.2, 0.25) is 0 Å². The zero-order chi connectivity index (χ0) is 25.5. The highest BCUT2D eigenvalue weighted by Gasteiger charge is 2.41. The van der Waals surface area contributed by atoms with Crippen molar-refractivity contribution in [1.82, 2.24) is 25.3 Å². The second kappa shape index (κ2) is 12.7. The summed E-state index contributed by atoms with van der Waals surface area (Å²) >= 11 is 0. The van der Waals surface area contributed by atoms with Crippen molar-refractivity contribution in [2.45, 2.75) is 63.5 Å². The van der Waals surface area contributed by atoms with E-state index in [4.69, 9.17) is 10.5 Å². The number of nitrogens with one attached hydrogen (secondary N) is 2. The van der Waals surface area contributed by atoms with Crippen LogP contribution in [0.15, 0.2) is 0 Å². The third-order valence-corrected chi connectivity index (χ3v) is 8.16. The van der Waals surface area contributed by atoms with Gasteiger partial charge in [-0.2, -0.15) is 0 Å². The topological polar surface area (TPSA) is 137 Å². The van der Waals surface area contributed by atoms with Crippen LogP contribution >= 0.6 is 0 Å². The SMILES string of the molecule is NC(=O)[C@H](CC1CCCCC1)NC(=O)[C@H]1CN(C(=O)C2CCNCC2)CCN1C(=O)N1CCOCC1. The van der Waals surface area contributed by atoms with E-state index in [2.05, 4.69) is 10.6 Å². The summed E-state index contributed by atoms with van der Waals surface area (Å²) in [5, 5.41) is 6.14. The smallest absolute Gasteiger partial charge is 0.320 e. The Balaban J connectivity index is 1.47. The van der Waals surface area contributed by atoms with Crippen molar-refractivity contribution in [1.29, 1.82) is 0 Å². The first-order valence-corrected chi connectivity index (χ1v) is 13.7. The van der Waals surface area contributed by atoms with Crippen molar-refractivity contribution in [2.24, 2.45) is 17.6 Å². The fourth-order valence-corrected chi connectivity index (χ4v) is 5.97. The second-order valence-electron chi connectivity index (χ2n) is 10.6. The Morgan fingerprint density at radius 1 is 0.917 bits per heavy atom. The van der Waals surface area contributed by atoms with Gasteiger partial charge in [0.1, 0.15) is 12.1 Å². The first-order chi connectivity index (χ1) is 17.4. The van der Waals surface area contributed by atoms with E-state index >= 15 is 0 Å². The molecule has 0 spiro atoms. The Morgan fingerprint density at radius 3 is 2.28 bits per heavy atom. The number of nitrogens with zero attached hydrogens (tertiary/aromatic N) is 3. The van der Waals surface area contributed by atoms with E-state index in [9.17, 15) is 19.2 Å². The summed E-state index contributed by atoms with van der Waals surface area (Å²) in [5.74, 6) is -0.646. The zero-order valence-corrected chi connectivity index (χ0v) is 21.3. The number of rotatable bonds is 6. The number of piperazine rings is 1. The van der Waals surface area contributed by atoms with Crippen LogP contribution in [0.1, 0.15) is 51.4 Å². The number of primary amides is 1. The molecule has 0 aromatic rings. The molecule has 36 heavy (non-hydrogen) atoms. The van der Waals surface area contributed by atoms with Gasteiger partial charge in [-0.25, -0.2) is 4.79 Å². The summed E-state index contributed by atoms with van der Waals surface area (Å²) in [5.41, 5.74) is 5.69. The Kier molecular flexibility index (Phi) is 9.41. The molecule has 11 nitrogen and oxygen atoms in total. The Bertz CT molecular complexity index is 792. The van der Waals surface area contributed by atoms with Crippen molar-refractivity contribution in [3.05, 3.63) is 0 Å². The summed E-state index contributed by atoms with van der Waals surface area (Å²) < 4.78 is 5.38. The Hall–Kier alpha value is -2.40. The van der Waals surface area contributed by atoms with Crippen LogP contribution in [0, 0.1) is 11.8 Å². The number of nitrogens with two attached hydrogens (primary N) is 1. The summed E-state index contributed by atoms with van der Waals surface area (Å²) in [6, 6.07) is -1.88. The van der Waals surface area contributed by atoms with Gasteiger partial charge in [0, 0.05) is 32.1 Å². The van der Waals surface area contributed by atoms with Gasteiger partial charge in [-0.15, -0.1) is 0 Å². The first kappa shape index (κ1) is 26.7. The molecule has 4 fully saturated rings. The van der Waals surface area contributed by atoms with E-state index in [1.54, 1.807) is 14.7 Å². The largest absolute Gasteiger partial charge is 0.378 e. The van der Waals surface area contributed by atoms with E-state index in [1.165, 1.54) is 6.42 Å². The van der Waals surface area contributed by atoms with Crippen molar-refractivity contribution in [2.75, 3.05) is 59.0 Å². The number of hydrogen-bond acceptors (Lipinski definition) is 6. The van der Waals surface area contributed by atoms with Gasteiger partial charge in [-0.3, -0.25) is 14.4 Å². The molecular formula is C25H42N6O5. The van der Waals surface area contributed by atoms with Crippen LogP contribution in [0.3, 0.4) is 0 Å². The molecule has 4 aliphatic rings. The molecule has 0 radical (unpaired) electrons. The van der Waals surface area contributed by atoms with E-state index in [0.29, 0.717) is 45.2 Å². The van der Waals surface area contributed by atoms with E-state index in [0.717, 1.165) is 51.6 Å². The predicted molar refractivity (Wildman–Crippen MR) is 133 cm³/mol. The van der Waals surface area contributed by atoms with Crippen molar-refractivity contribution in [3.8, 4) is 0 Å². The second-order valence-corrected chi connectivity index (χ2v) is 10.6. The minimum Gasteiger partial charge on any atom is -0.378 e. The lowest BCUT2D eigenvalue weighted by Gasteiger charge is -2.44.